The van der Waals surface area contributed by atoms with Crippen LogP contribution in [0.3, 0.4) is 0 Å². The lowest BCUT2D eigenvalue weighted by atomic mass is 10.5. The van der Waals surface area contributed by atoms with Gasteiger partial charge in [0.15, 0.2) is 0 Å². The number of hydrogen-bond donors (Lipinski definition) is 0. The van der Waals surface area contributed by atoms with Crippen LogP contribution in [0.2, 0.25) is 39.3 Å². The molecule has 0 aliphatic heterocycles. The highest BCUT2D eigenvalue weighted by atomic mass is 28.4. The molecule has 0 N–H and O–H groups in total. The van der Waals surface area contributed by atoms with E-state index in [1.54, 1.807) is 26.4 Å². The second-order valence-electron chi connectivity index (χ2n) is 5.81. The first-order valence-corrected chi connectivity index (χ1v) is 12.8. The normalized spacial score (nSPS) is 14.2. The summed E-state index contributed by atoms with van der Waals surface area (Å²) in [6.07, 6.45) is 3.47. The van der Waals surface area contributed by atoms with E-state index in [2.05, 4.69) is 39.3 Å². The van der Waals surface area contributed by atoms with Gasteiger partial charge in [0.25, 0.3) is 11.9 Å². The molecule has 0 spiro atoms. The zero-order valence-corrected chi connectivity index (χ0v) is 14.8. The minimum Gasteiger partial charge on any atom is -0.520 e. The molecule has 4 nitrogen and oxygen atoms in total. The quantitative estimate of drug-likeness (QED) is 0.407. The molecule has 0 heterocycles. The third-order valence-corrected chi connectivity index (χ3v) is 3.20. The summed E-state index contributed by atoms with van der Waals surface area (Å²) in [5.74, 6) is 0.978. The number of hydrogen-bond acceptors (Lipinski definition) is 4. The van der Waals surface area contributed by atoms with E-state index >= 15 is 0 Å². The van der Waals surface area contributed by atoms with Crippen molar-refractivity contribution < 1.29 is 18.3 Å². The van der Waals surface area contributed by atoms with Gasteiger partial charge >= 0.3 is 0 Å². The molecule has 6 heteroatoms. The molecule has 0 aromatic carbocycles. The van der Waals surface area contributed by atoms with Crippen LogP contribution in [-0.2, 0) is 18.3 Å². The van der Waals surface area contributed by atoms with Gasteiger partial charge in [-0.05, 0) is 39.3 Å². The summed E-state index contributed by atoms with van der Waals surface area (Å²) in [6.45, 7) is 12.6. The standard InChI is InChI=1S/C12H26O4Si2/c1-13-11(15-17(3,4)5)9-10-12(14-2)16-18(6,7)8/h9-10H,1-8H3/b11-9-,12-10-. The minimum atomic E-state index is -1.67. The largest absolute Gasteiger partial charge is 0.520 e. The van der Waals surface area contributed by atoms with E-state index in [-0.39, 0.29) is 0 Å². The summed E-state index contributed by atoms with van der Waals surface area (Å²) in [5, 5.41) is 0. The van der Waals surface area contributed by atoms with Crippen LogP contribution in [-0.4, -0.2) is 30.9 Å². The average molecular weight is 291 g/mol. The predicted molar refractivity (Wildman–Crippen MR) is 79.0 cm³/mol. The molecule has 0 saturated heterocycles. The van der Waals surface area contributed by atoms with Gasteiger partial charge in [-0.2, -0.15) is 0 Å². The molecule has 0 aromatic heterocycles. The third kappa shape index (κ3) is 9.18. The van der Waals surface area contributed by atoms with Crippen LogP contribution < -0.4 is 0 Å². The molecule has 18 heavy (non-hydrogen) atoms. The predicted octanol–water partition coefficient (Wildman–Crippen LogP) is 3.67. The molecule has 0 saturated carbocycles. The zero-order valence-electron chi connectivity index (χ0n) is 12.8. The SMILES string of the molecule is CO/C(=C/C=C(/OC)O[Si](C)(C)C)O[Si](C)(C)C. The zero-order chi connectivity index (χ0) is 14.4. The summed E-state index contributed by atoms with van der Waals surface area (Å²) < 4.78 is 21.9. The Morgan fingerprint density at radius 1 is 0.667 bits per heavy atom. The van der Waals surface area contributed by atoms with E-state index < -0.39 is 16.6 Å². The van der Waals surface area contributed by atoms with Crippen molar-refractivity contribution in [3.8, 4) is 0 Å². The van der Waals surface area contributed by atoms with Crippen LogP contribution in [0.5, 0.6) is 0 Å². The molecule has 0 fully saturated rings. The number of allylic oxidation sites excluding steroid dienone is 2. The smallest absolute Gasteiger partial charge is 0.265 e. The summed E-state index contributed by atoms with van der Waals surface area (Å²) in [7, 11) is -0.154. The molecule has 0 bridgehead atoms. The minimum absolute atomic E-state index is 0.489. The van der Waals surface area contributed by atoms with E-state index in [0.29, 0.717) is 11.9 Å². The fraction of sp³-hybridized carbons (Fsp3) is 0.667. The fourth-order valence-electron chi connectivity index (χ4n) is 1.03. The van der Waals surface area contributed by atoms with Crippen molar-refractivity contribution in [3.05, 3.63) is 24.0 Å². The Morgan fingerprint density at radius 2 is 0.944 bits per heavy atom. The maximum atomic E-state index is 5.75. The summed E-state index contributed by atoms with van der Waals surface area (Å²) in [5.41, 5.74) is 0. The van der Waals surface area contributed by atoms with Gasteiger partial charge in [-0.25, -0.2) is 0 Å². The van der Waals surface area contributed by atoms with Crippen molar-refractivity contribution in [1.29, 1.82) is 0 Å². The lowest BCUT2D eigenvalue weighted by Crippen LogP contribution is -2.26. The van der Waals surface area contributed by atoms with Crippen molar-refractivity contribution in [1.82, 2.24) is 0 Å². The fourth-order valence-corrected chi connectivity index (χ4v) is 2.54. The van der Waals surface area contributed by atoms with E-state index in [9.17, 15) is 0 Å². The maximum absolute atomic E-state index is 5.75. The topological polar surface area (TPSA) is 36.9 Å². The monoisotopic (exact) mass is 290 g/mol. The van der Waals surface area contributed by atoms with Crippen LogP contribution in [0.15, 0.2) is 24.0 Å². The molecule has 0 radical (unpaired) electrons. The molecule has 106 valence electrons. The third-order valence-electron chi connectivity index (χ3n) is 1.57. The second-order valence-corrected chi connectivity index (χ2v) is 14.7. The highest BCUT2D eigenvalue weighted by molar-refractivity contribution is 6.70. The molecule has 0 atom stereocenters. The van der Waals surface area contributed by atoms with Gasteiger partial charge in [0.1, 0.15) is 0 Å². The van der Waals surface area contributed by atoms with Crippen molar-refractivity contribution in [2.24, 2.45) is 0 Å². The molecule has 0 aromatic rings. The summed E-state index contributed by atoms with van der Waals surface area (Å²) in [6, 6.07) is 0. The van der Waals surface area contributed by atoms with Crippen molar-refractivity contribution in [2.75, 3.05) is 14.2 Å². The Bertz CT molecular complexity index is 279. The summed E-state index contributed by atoms with van der Waals surface area (Å²) in [4.78, 5) is 0. The number of rotatable bonds is 7. The first-order valence-electron chi connectivity index (χ1n) is 5.95. The van der Waals surface area contributed by atoms with Gasteiger partial charge in [0.2, 0.25) is 16.6 Å². The molecular formula is C12H26O4Si2. The molecular weight excluding hydrogens is 264 g/mol. The lowest BCUT2D eigenvalue weighted by molar-refractivity contribution is 0.140. The van der Waals surface area contributed by atoms with Crippen molar-refractivity contribution >= 4 is 16.6 Å². The Kier molecular flexibility index (Phi) is 6.55. The van der Waals surface area contributed by atoms with E-state index in [1.807, 2.05) is 0 Å². The Balaban J connectivity index is 4.79. The van der Waals surface area contributed by atoms with Crippen LogP contribution in [0, 0.1) is 0 Å². The van der Waals surface area contributed by atoms with E-state index in [0.717, 1.165) is 0 Å². The van der Waals surface area contributed by atoms with Crippen molar-refractivity contribution in [2.45, 2.75) is 39.3 Å². The molecule has 0 rings (SSSR count). The van der Waals surface area contributed by atoms with Crippen LogP contribution in [0.1, 0.15) is 0 Å². The van der Waals surface area contributed by atoms with E-state index in [1.165, 1.54) is 0 Å². The number of ether oxygens (including phenoxy) is 2. The summed E-state index contributed by atoms with van der Waals surface area (Å²) >= 11 is 0. The van der Waals surface area contributed by atoms with Crippen LogP contribution in [0.25, 0.3) is 0 Å². The Hall–Kier alpha value is -0.886. The van der Waals surface area contributed by atoms with Crippen molar-refractivity contribution in [3.63, 3.8) is 0 Å². The highest BCUT2D eigenvalue weighted by Crippen LogP contribution is 2.14. The Labute approximate surface area is 113 Å². The first-order chi connectivity index (χ1) is 8.07. The van der Waals surface area contributed by atoms with Crippen LogP contribution in [0.4, 0.5) is 0 Å². The lowest BCUT2D eigenvalue weighted by Gasteiger charge is -2.21. The maximum Gasteiger partial charge on any atom is 0.265 e. The second kappa shape index (κ2) is 6.89. The van der Waals surface area contributed by atoms with Gasteiger partial charge in [-0.15, -0.1) is 0 Å². The first kappa shape index (κ1) is 17.1. The van der Waals surface area contributed by atoms with Gasteiger partial charge in [0.05, 0.1) is 14.2 Å². The van der Waals surface area contributed by atoms with E-state index in [4.69, 9.17) is 18.3 Å². The van der Waals surface area contributed by atoms with Gasteiger partial charge in [-0.1, -0.05) is 0 Å². The number of methoxy groups -OCH3 is 2. The molecule has 0 amide bonds. The average Bonchev–Trinajstić information content (AvgIpc) is 2.18. The Morgan fingerprint density at radius 3 is 1.11 bits per heavy atom. The van der Waals surface area contributed by atoms with Gasteiger partial charge in [0, 0.05) is 12.2 Å². The molecule has 0 aliphatic carbocycles. The van der Waals surface area contributed by atoms with Gasteiger partial charge < -0.3 is 18.3 Å². The van der Waals surface area contributed by atoms with Crippen LogP contribution >= 0.6 is 0 Å². The highest BCUT2D eigenvalue weighted by Gasteiger charge is 2.19. The van der Waals surface area contributed by atoms with Gasteiger partial charge in [-0.3, -0.25) is 0 Å². The molecule has 0 aliphatic rings. The molecule has 0 unspecified atom stereocenters.